The van der Waals surface area contributed by atoms with Crippen molar-refractivity contribution in [2.24, 2.45) is 0 Å². The van der Waals surface area contributed by atoms with Crippen LogP contribution >= 0.6 is 11.6 Å². The van der Waals surface area contributed by atoms with Crippen LogP contribution in [0.2, 0.25) is 0 Å². The van der Waals surface area contributed by atoms with Gasteiger partial charge in [0.25, 0.3) is 0 Å². The highest BCUT2D eigenvalue weighted by Crippen LogP contribution is 2.39. The standard InChI is InChI=1S/C9H9ClF3N3/c10-5-8(3-4-8)14-7-2-1-6(15-16-7)9(11,12)13/h1-2H,3-5H2,(H,14,16). The average Bonchev–Trinajstić information content (AvgIpc) is 2.98. The summed E-state index contributed by atoms with van der Waals surface area (Å²) in [5.74, 6) is 0.738. The highest BCUT2D eigenvalue weighted by atomic mass is 35.5. The fourth-order valence-corrected chi connectivity index (χ4v) is 1.60. The number of hydrogen-bond acceptors (Lipinski definition) is 3. The summed E-state index contributed by atoms with van der Waals surface area (Å²) in [6.45, 7) is 0. The van der Waals surface area contributed by atoms with E-state index in [1.165, 1.54) is 6.07 Å². The first kappa shape index (κ1) is 11.4. The van der Waals surface area contributed by atoms with Gasteiger partial charge in [-0.2, -0.15) is 13.2 Å². The molecule has 0 amide bonds. The molecule has 1 aliphatic carbocycles. The minimum absolute atomic E-state index is 0.198. The summed E-state index contributed by atoms with van der Waals surface area (Å²) in [6.07, 6.45) is -2.65. The Bertz CT molecular complexity index is 373. The van der Waals surface area contributed by atoms with Crippen LogP contribution in [0.15, 0.2) is 12.1 Å². The van der Waals surface area contributed by atoms with Crippen LogP contribution in [0.5, 0.6) is 0 Å². The van der Waals surface area contributed by atoms with Crippen molar-refractivity contribution in [3.8, 4) is 0 Å². The van der Waals surface area contributed by atoms with Crippen LogP contribution in [-0.2, 0) is 6.18 Å². The zero-order valence-corrected chi connectivity index (χ0v) is 8.94. The third-order valence-corrected chi connectivity index (χ3v) is 2.97. The lowest BCUT2D eigenvalue weighted by Gasteiger charge is -2.14. The summed E-state index contributed by atoms with van der Waals surface area (Å²) in [6, 6.07) is 2.17. The molecule has 0 spiro atoms. The molecule has 1 aromatic heterocycles. The minimum Gasteiger partial charge on any atom is -0.362 e. The molecule has 2 rings (SSSR count). The number of aromatic nitrogens is 2. The molecular weight excluding hydrogens is 243 g/mol. The molecule has 0 aromatic carbocycles. The van der Waals surface area contributed by atoms with Gasteiger partial charge in [-0.25, -0.2) is 0 Å². The van der Waals surface area contributed by atoms with E-state index in [9.17, 15) is 13.2 Å². The van der Waals surface area contributed by atoms with Crippen LogP contribution < -0.4 is 5.32 Å². The van der Waals surface area contributed by atoms with E-state index in [4.69, 9.17) is 11.6 Å². The summed E-state index contributed by atoms with van der Waals surface area (Å²) in [5.41, 5.74) is -1.19. The van der Waals surface area contributed by atoms with Crippen molar-refractivity contribution in [1.29, 1.82) is 0 Å². The van der Waals surface area contributed by atoms with E-state index < -0.39 is 11.9 Å². The van der Waals surface area contributed by atoms with Crippen LogP contribution in [0.4, 0.5) is 19.0 Å². The van der Waals surface area contributed by atoms with Gasteiger partial charge >= 0.3 is 6.18 Å². The number of nitrogens with one attached hydrogen (secondary N) is 1. The van der Waals surface area contributed by atoms with Crippen LogP contribution in [0.25, 0.3) is 0 Å². The maximum absolute atomic E-state index is 12.2. The Morgan fingerprint density at radius 2 is 2.00 bits per heavy atom. The molecular formula is C9H9ClF3N3. The SMILES string of the molecule is FC(F)(F)c1ccc(NC2(CCl)CC2)nn1. The van der Waals surface area contributed by atoms with Gasteiger partial charge in [0.15, 0.2) is 5.69 Å². The van der Waals surface area contributed by atoms with Gasteiger partial charge in [-0.15, -0.1) is 21.8 Å². The normalized spacial score (nSPS) is 18.2. The van der Waals surface area contributed by atoms with E-state index in [0.717, 1.165) is 18.9 Å². The lowest BCUT2D eigenvalue weighted by atomic mass is 10.3. The van der Waals surface area contributed by atoms with Crippen molar-refractivity contribution in [3.63, 3.8) is 0 Å². The molecule has 0 saturated heterocycles. The van der Waals surface area contributed by atoms with Crippen LogP contribution in [0.1, 0.15) is 18.5 Å². The fraction of sp³-hybridized carbons (Fsp3) is 0.556. The van der Waals surface area contributed by atoms with Gasteiger partial charge < -0.3 is 5.32 Å². The monoisotopic (exact) mass is 251 g/mol. The van der Waals surface area contributed by atoms with Gasteiger partial charge in [0.2, 0.25) is 0 Å². The number of alkyl halides is 4. The van der Waals surface area contributed by atoms with E-state index in [1.807, 2.05) is 0 Å². The fourth-order valence-electron chi connectivity index (χ4n) is 1.26. The predicted molar refractivity (Wildman–Crippen MR) is 53.3 cm³/mol. The molecule has 1 aromatic rings. The quantitative estimate of drug-likeness (QED) is 0.840. The molecule has 1 saturated carbocycles. The third-order valence-electron chi connectivity index (χ3n) is 2.46. The molecule has 3 nitrogen and oxygen atoms in total. The molecule has 1 N–H and O–H groups in total. The van der Waals surface area contributed by atoms with Crippen LogP contribution in [0.3, 0.4) is 0 Å². The van der Waals surface area contributed by atoms with Crippen LogP contribution in [-0.4, -0.2) is 21.6 Å². The highest BCUT2D eigenvalue weighted by molar-refractivity contribution is 6.19. The lowest BCUT2D eigenvalue weighted by Crippen LogP contribution is -2.24. The Balaban J connectivity index is 2.08. The first-order chi connectivity index (χ1) is 7.45. The van der Waals surface area contributed by atoms with Crippen molar-refractivity contribution in [3.05, 3.63) is 17.8 Å². The Morgan fingerprint density at radius 1 is 1.31 bits per heavy atom. The first-order valence-electron chi connectivity index (χ1n) is 4.70. The predicted octanol–water partition coefficient (Wildman–Crippen LogP) is 2.68. The van der Waals surface area contributed by atoms with E-state index in [-0.39, 0.29) is 5.54 Å². The second-order valence-corrected chi connectivity index (χ2v) is 4.11. The third kappa shape index (κ3) is 2.37. The van der Waals surface area contributed by atoms with Gasteiger partial charge in [-0.1, -0.05) is 0 Å². The molecule has 1 heterocycles. The Hall–Kier alpha value is -1.04. The molecule has 0 radical (unpaired) electrons. The van der Waals surface area contributed by atoms with Crippen molar-refractivity contribution < 1.29 is 13.2 Å². The van der Waals surface area contributed by atoms with E-state index >= 15 is 0 Å². The average molecular weight is 252 g/mol. The number of hydrogen-bond donors (Lipinski definition) is 1. The van der Waals surface area contributed by atoms with Gasteiger partial charge in [0.05, 0.1) is 5.54 Å². The van der Waals surface area contributed by atoms with E-state index in [2.05, 4.69) is 15.5 Å². The summed E-state index contributed by atoms with van der Waals surface area (Å²) in [4.78, 5) is 0. The number of halogens is 4. The van der Waals surface area contributed by atoms with Gasteiger partial charge in [-0.3, -0.25) is 0 Å². The minimum atomic E-state index is -4.45. The van der Waals surface area contributed by atoms with E-state index in [1.54, 1.807) is 0 Å². The highest BCUT2D eigenvalue weighted by Gasteiger charge is 2.42. The molecule has 1 fully saturated rings. The summed E-state index contributed by atoms with van der Waals surface area (Å²) in [5, 5.41) is 9.58. The second kappa shape index (κ2) is 3.76. The molecule has 0 unspecified atom stereocenters. The number of nitrogens with zero attached hydrogens (tertiary/aromatic N) is 2. The Kier molecular flexibility index (Phi) is 2.69. The molecule has 0 atom stereocenters. The van der Waals surface area contributed by atoms with Crippen molar-refractivity contribution in [2.75, 3.05) is 11.2 Å². The van der Waals surface area contributed by atoms with Gasteiger partial charge in [0.1, 0.15) is 5.82 Å². The zero-order valence-electron chi connectivity index (χ0n) is 8.18. The zero-order chi connectivity index (χ0) is 11.8. The topological polar surface area (TPSA) is 37.8 Å². The van der Waals surface area contributed by atoms with E-state index in [0.29, 0.717) is 11.7 Å². The number of rotatable bonds is 3. The molecule has 0 bridgehead atoms. The lowest BCUT2D eigenvalue weighted by molar-refractivity contribution is -0.141. The molecule has 7 heteroatoms. The van der Waals surface area contributed by atoms with Crippen molar-refractivity contribution >= 4 is 17.4 Å². The van der Waals surface area contributed by atoms with Crippen molar-refractivity contribution in [2.45, 2.75) is 24.6 Å². The van der Waals surface area contributed by atoms with Gasteiger partial charge in [-0.05, 0) is 25.0 Å². The van der Waals surface area contributed by atoms with Crippen LogP contribution in [0, 0.1) is 0 Å². The molecule has 16 heavy (non-hydrogen) atoms. The Morgan fingerprint density at radius 3 is 2.38 bits per heavy atom. The summed E-state index contributed by atoms with van der Waals surface area (Å²) >= 11 is 5.72. The molecule has 88 valence electrons. The van der Waals surface area contributed by atoms with Gasteiger partial charge in [0, 0.05) is 5.88 Å². The first-order valence-corrected chi connectivity index (χ1v) is 5.24. The Labute approximate surface area is 95.0 Å². The summed E-state index contributed by atoms with van der Waals surface area (Å²) < 4.78 is 36.6. The number of anilines is 1. The second-order valence-electron chi connectivity index (χ2n) is 3.84. The maximum Gasteiger partial charge on any atom is 0.435 e. The molecule has 1 aliphatic rings. The largest absolute Gasteiger partial charge is 0.435 e. The van der Waals surface area contributed by atoms with Crippen molar-refractivity contribution in [1.82, 2.24) is 10.2 Å². The smallest absolute Gasteiger partial charge is 0.362 e. The maximum atomic E-state index is 12.2. The summed E-state index contributed by atoms with van der Waals surface area (Å²) in [7, 11) is 0. The molecule has 0 aliphatic heterocycles.